The van der Waals surface area contributed by atoms with Crippen molar-refractivity contribution in [2.75, 3.05) is 14.1 Å². The van der Waals surface area contributed by atoms with Gasteiger partial charge >= 0.3 is 0 Å². The van der Waals surface area contributed by atoms with E-state index in [0.29, 0.717) is 0 Å². The Bertz CT molecular complexity index is 668. The minimum atomic E-state index is 0.732. The van der Waals surface area contributed by atoms with E-state index >= 15 is 0 Å². The first-order chi connectivity index (χ1) is 11.1. The Hall–Kier alpha value is -1.38. The second kappa shape index (κ2) is 5.92. The highest BCUT2D eigenvalue weighted by molar-refractivity contribution is 7.11. The first-order valence-electron chi connectivity index (χ1n) is 8.79. The summed E-state index contributed by atoms with van der Waals surface area (Å²) in [6, 6.07) is 17.1. The predicted octanol–water partition coefficient (Wildman–Crippen LogP) is 5.20. The van der Waals surface area contributed by atoms with Crippen LogP contribution in [0.4, 0.5) is 0 Å². The molecule has 3 heterocycles. The van der Waals surface area contributed by atoms with E-state index in [-0.39, 0.29) is 0 Å². The van der Waals surface area contributed by atoms with E-state index in [4.69, 9.17) is 0 Å². The molecule has 120 valence electrons. The molecule has 0 amide bonds. The molecule has 23 heavy (non-hydrogen) atoms. The van der Waals surface area contributed by atoms with Crippen LogP contribution < -0.4 is 0 Å². The lowest BCUT2D eigenvalue weighted by molar-refractivity contribution is -0.931. The molecular weight excluding hydrogens is 298 g/mol. The minimum absolute atomic E-state index is 0.732. The van der Waals surface area contributed by atoms with Crippen LogP contribution in [0.1, 0.15) is 36.1 Å². The number of nitrogens with zero attached hydrogens (tertiary/aromatic N) is 1. The maximum atomic E-state index is 2.59. The number of hydrogen-bond acceptors (Lipinski definition) is 1. The number of benzene rings is 1. The maximum absolute atomic E-state index is 2.59. The number of allylic oxidation sites excluding steroid dienone is 1. The van der Waals surface area contributed by atoms with Crippen LogP contribution in [0.3, 0.4) is 0 Å². The molecule has 0 N–H and O–H groups in total. The third kappa shape index (κ3) is 2.79. The Balaban J connectivity index is 1.67. The van der Waals surface area contributed by atoms with Crippen molar-refractivity contribution in [1.82, 2.24) is 0 Å². The van der Waals surface area contributed by atoms with Crippen LogP contribution in [0.25, 0.3) is 5.57 Å². The first kappa shape index (κ1) is 15.2. The molecular formula is C21H26NS+. The summed E-state index contributed by atoms with van der Waals surface area (Å²) < 4.78 is 1.25. The van der Waals surface area contributed by atoms with Gasteiger partial charge in [0, 0.05) is 30.6 Å². The zero-order chi connectivity index (χ0) is 15.9. The molecule has 2 bridgehead atoms. The van der Waals surface area contributed by atoms with Gasteiger partial charge in [0.15, 0.2) is 0 Å². The summed E-state index contributed by atoms with van der Waals surface area (Å²) in [7, 11) is 4.89. The van der Waals surface area contributed by atoms with E-state index < -0.39 is 0 Å². The average molecular weight is 325 g/mol. The minimum Gasteiger partial charge on any atom is -0.324 e. The Kier molecular flexibility index (Phi) is 3.90. The lowest BCUT2D eigenvalue weighted by atomic mass is 9.86. The molecule has 1 aromatic heterocycles. The Labute approximate surface area is 143 Å². The van der Waals surface area contributed by atoms with E-state index in [2.05, 4.69) is 68.0 Å². The van der Waals surface area contributed by atoms with Crippen molar-refractivity contribution in [2.45, 2.75) is 37.8 Å². The molecule has 0 spiro atoms. The summed E-state index contributed by atoms with van der Waals surface area (Å²) in [5.41, 5.74) is 2.80. The highest BCUT2D eigenvalue weighted by Crippen LogP contribution is 2.43. The molecule has 0 saturated carbocycles. The van der Waals surface area contributed by atoms with Crippen molar-refractivity contribution in [3.05, 3.63) is 64.4 Å². The molecule has 4 rings (SSSR count). The van der Waals surface area contributed by atoms with Gasteiger partial charge in [-0.05, 0) is 28.5 Å². The van der Waals surface area contributed by atoms with Crippen molar-refractivity contribution < 1.29 is 4.48 Å². The van der Waals surface area contributed by atoms with E-state index in [1.54, 1.807) is 0 Å². The molecule has 1 nitrogen and oxygen atoms in total. The third-order valence-corrected chi connectivity index (χ3v) is 7.04. The number of rotatable bonds is 3. The van der Waals surface area contributed by atoms with Crippen LogP contribution in [0, 0.1) is 5.92 Å². The van der Waals surface area contributed by atoms with E-state index in [9.17, 15) is 0 Å². The summed E-state index contributed by atoms with van der Waals surface area (Å²) in [5.74, 6) is 0.732. The highest BCUT2D eigenvalue weighted by Gasteiger charge is 2.48. The Morgan fingerprint density at radius 1 is 1.00 bits per heavy atom. The SMILES string of the molecule is C[N+]1(C)[C@@H]2CC[C@H]1CC(/C=C(/c1ccccc1)c1cccs1)C2. The van der Waals surface area contributed by atoms with Gasteiger partial charge in [-0.3, -0.25) is 0 Å². The standard InChI is InChI=1S/C21H26NS/c1-22(2)18-10-11-19(22)14-16(13-18)15-20(21-9-6-12-23-21)17-7-4-3-5-8-17/h3-9,12,15-16,18-19H,10-11,13-14H2,1-2H3/q+1/b20-15-/t16?,18-,19+. The lowest BCUT2D eigenvalue weighted by Gasteiger charge is -2.43. The maximum Gasteiger partial charge on any atom is 0.0896 e. The van der Waals surface area contributed by atoms with Crippen LogP contribution in [0.15, 0.2) is 53.9 Å². The van der Waals surface area contributed by atoms with Crippen LogP contribution in [0.5, 0.6) is 0 Å². The fraction of sp³-hybridized carbons (Fsp3) is 0.429. The van der Waals surface area contributed by atoms with Gasteiger partial charge in [0.1, 0.15) is 0 Å². The van der Waals surface area contributed by atoms with Gasteiger partial charge in [-0.15, -0.1) is 11.3 Å². The quantitative estimate of drug-likeness (QED) is 0.681. The van der Waals surface area contributed by atoms with Crippen LogP contribution in [-0.4, -0.2) is 30.7 Å². The summed E-state index contributed by atoms with van der Waals surface area (Å²) in [4.78, 5) is 1.41. The smallest absolute Gasteiger partial charge is 0.0896 e. The zero-order valence-corrected chi connectivity index (χ0v) is 14.9. The molecule has 2 saturated heterocycles. The van der Waals surface area contributed by atoms with Gasteiger partial charge in [0.25, 0.3) is 0 Å². The monoisotopic (exact) mass is 324 g/mol. The summed E-state index contributed by atoms with van der Waals surface area (Å²) in [5, 5.41) is 2.19. The Morgan fingerprint density at radius 2 is 1.70 bits per heavy atom. The number of piperidine rings is 1. The number of quaternary nitrogens is 1. The number of fused-ring (bicyclic) bond motifs is 2. The van der Waals surface area contributed by atoms with Gasteiger partial charge in [-0.1, -0.05) is 42.5 Å². The van der Waals surface area contributed by atoms with E-state index in [0.717, 1.165) is 18.0 Å². The fourth-order valence-electron chi connectivity index (χ4n) is 4.66. The van der Waals surface area contributed by atoms with Gasteiger partial charge in [-0.25, -0.2) is 0 Å². The molecule has 2 fully saturated rings. The number of thiophene rings is 1. The molecule has 2 heteroatoms. The van der Waals surface area contributed by atoms with E-state index in [1.807, 2.05) is 11.3 Å². The van der Waals surface area contributed by atoms with Crippen LogP contribution >= 0.6 is 11.3 Å². The van der Waals surface area contributed by atoms with Crippen molar-refractivity contribution in [1.29, 1.82) is 0 Å². The predicted molar refractivity (Wildman–Crippen MR) is 99.5 cm³/mol. The van der Waals surface area contributed by atoms with Crippen LogP contribution in [0.2, 0.25) is 0 Å². The average Bonchev–Trinajstić information content (AvgIpc) is 3.09. The second-order valence-electron chi connectivity index (χ2n) is 7.67. The molecule has 3 atom stereocenters. The summed E-state index contributed by atoms with van der Waals surface area (Å²) in [6.45, 7) is 0. The molecule has 1 aromatic carbocycles. The van der Waals surface area contributed by atoms with Crippen LogP contribution in [-0.2, 0) is 0 Å². The van der Waals surface area contributed by atoms with Crippen molar-refractivity contribution in [3.63, 3.8) is 0 Å². The van der Waals surface area contributed by atoms with Crippen molar-refractivity contribution in [2.24, 2.45) is 5.92 Å². The Morgan fingerprint density at radius 3 is 2.30 bits per heavy atom. The van der Waals surface area contributed by atoms with Gasteiger partial charge in [0.05, 0.1) is 26.2 Å². The molecule has 2 aliphatic heterocycles. The second-order valence-corrected chi connectivity index (χ2v) is 8.62. The number of hydrogen-bond donors (Lipinski definition) is 0. The highest BCUT2D eigenvalue weighted by atomic mass is 32.1. The summed E-state index contributed by atoms with van der Waals surface area (Å²) in [6.07, 6.45) is 8.13. The molecule has 2 aromatic rings. The molecule has 1 unspecified atom stereocenters. The zero-order valence-electron chi connectivity index (χ0n) is 14.1. The first-order valence-corrected chi connectivity index (χ1v) is 9.67. The molecule has 2 aliphatic rings. The fourth-order valence-corrected chi connectivity index (χ4v) is 5.44. The molecule has 0 radical (unpaired) electrons. The normalized spacial score (nSPS) is 29.7. The van der Waals surface area contributed by atoms with Gasteiger partial charge in [0.2, 0.25) is 0 Å². The van der Waals surface area contributed by atoms with Crippen molar-refractivity contribution >= 4 is 16.9 Å². The third-order valence-electron chi connectivity index (χ3n) is 6.14. The van der Waals surface area contributed by atoms with Gasteiger partial charge in [-0.2, -0.15) is 0 Å². The van der Waals surface area contributed by atoms with E-state index in [1.165, 1.54) is 46.2 Å². The topological polar surface area (TPSA) is 0 Å². The van der Waals surface area contributed by atoms with Gasteiger partial charge < -0.3 is 4.48 Å². The molecule has 0 aliphatic carbocycles. The van der Waals surface area contributed by atoms with Crippen molar-refractivity contribution in [3.8, 4) is 0 Å². The largest absolute Gasteiger partial charge is 0.324 e. The lowest BCUT2D eigenvalue weighted by Crippen LogP contribution is -2.54. The summed E-state index contributed by atoms with van der Waals surface area (Å²) >= 11 is 1.86.